The van der Waals surface area contributed by atoms with Crippen LogP contribution in [0, 0.1) is 5.92 Å². The lowest BCUT2D eigenvalue weighted by Crippen LogP contribution is -2.34. The zero-order chi connectivity index (χ0) is 10.4. The third kappa shape index (κ3) is 3.25. The summed E-state index contributed by atoms with van der Waals surface area (Å²) in [5.74, 6) is -3.47. The molecule has 5 heteroatoms. The molecule has 0 aliphatic heterocycles. The molecule has 5 nitrogen and oxygen atoms in total. The number of ether oxygens (including phenoxy) is 1. The van der Waals surface area contributed by atoms with Crippen molar-refractivity contribution in [3.63, 3.8) is 0 Å². The predicted molar refractivity (Wildman–Crippen MR) is 44.0 cm³/mol. The van der Waals surface area contributed by atoms with Crippen LogP contribution in [0.2, 0.25) is 0 Å². The molecule has 0 heterocycles. The highest BCUT2D eigenvalue weighted by molar-refractivity contribution is 5.83. The van der Waals surface area contributed by atoms with Crippen LogP contribution in [0.25, 0.3) is 0 Å². The molecule has 0 fully saturated rings. The van der Waals surface area contributed by atoms with E-state index in [4.69, 9.17) is 10.2 Å². The molecule has 0 aromatic carbocycles. The van der Waals surface area contributed by atoms with E-state index in [2.05, 4.69) is 11.3 Å². The number of carbonyl (C=O) groups excluding carboxylic acids is 1. The molecule has 0 aliphatic rings. The minimum Gasteiger partial charge on any atom is -0.479 e. The van der Waals surface area contributed by atoms with Gasteiger partial charge in [0.1, 0.15) is 5.92 Å². The number of carboxylic acids is 1. The van der Waals surface area contributed by atoms with Gasteiger partial charge in [0.15, 0.2) is 6.10 Å². The van der Waals surface area contributed by atoms with Crippen molar-refractivity contribution < 1.29 is 24.5 Å². The Balaban J connectivity index is 4.40. The molecule has 13 heavy (non-hydrogen) atoms. The van der Waals surface area contributed by atoms with Gasteiger partial charge in [0.25, 0.3) is 0 Å². The first-order valence-electron chi connectivity index (χ1n) is 3.74. The predicted octanol–water partition coefficient (Wildman–Crippen LogP) is -0.203. The maximum Gasteiger partial charge on any atom is 0.333 e. The third-order valence-electron chi connectivity index (χ3n) is 1.41. The summed E-state index contributed by atoms with van der Waals surface area (Å²) >= 11 is 0. The summed E-state index contributed by atoms with van der Waals surface area (Å²) < 4.78 is 4.53. The molecule has 0 radical (unpaired) electrons. The number of rotatable bonds is 5. The average Bonchev–Trinajstić information content (AvgIpc) is 2.05. The molecular formula is C8H12O5. The minimum atomic E-state index is -1.79. The van der Waals surface area contributed by atoms with E-state index in [1.807, 2.05) is 0 Å². The third-order valence-corrected chi connectivity index (χ3v) is 1.41. The number of hydrogen-bond acceptors (Lipinski definition) is 4. The maximum atomic E-state index is 11.0. The van der Waals surface area contributed by atoms with Gasteiger partial charge in [0, 0.05) is 0 Å². The summed E-state index contributed by atoms with van der Waals surface area (Å²) in [6.45, 7) is 4.97. The summed E-state index contributed by atoms with van der Waals surface area (Å²) in [6, 6.07) is 0. The van der Waals surface area contributed by atoms with E-state index in [-0.39, 0.29) is 6.61 Å². The average molecular weight is 188 g/mol. The van der Waals surface area contributed by atoms with Gasteiger partial charge in [-0.3, -0.25) is 4.79 Å². The second-order valence-electron chi connectivity index (χ2n) is 2.30. The van der Waals surface area contributed by atoms with Gasteiger partial charge in [-0.15, -0.1) is 6.58 Å². The lowest BCUT2D eigenvalue weighted by atomic mass is 10.0. The molecule has 2 atom stereocenters. The van der Waals surface area contributed by atoms with Crippen LogP contribution in [-0.4, -0.2) is 34.9 Å². The topological polar surface area (TPSA) is 83.8 Å². The molecule has 0 rings (SSSR count). The second-order valence-corrected chi connectivity index (χ2v) is 2.30. The fourth-order valence-electron chi connectivity index (χ4n) is 0.746. The van der Waals surface area contributed by atoms with Crippen molar-refractivity contribution >= 4 is 11.9 Å². The van der Waals surface area contributed by atoms with E-state index in [1.165, 1.54) is 0 Å². The quantitative estimate of drug-likeness (QED) is 0.461. The molecule has 0 unspecified atom stereocenters. The Hall–Kier alpha value is -1.36. The van der Waals surface area contributed by atoms with Crippen molar-refractivity contribution in [2.75, 3.05) is 6.61 Å². The van der Waals surface area contributed by atoms with Gasteiger partial charge in [0.05, 0.1) is 6.61 Å². The Morgan fingerprint density at radius 1 is 1.62 bits per heavy atom. The molecule has 0 saturated heterocycles. The molecule has 0 aliphatic carbocycles. The van der Waals surface area contributed by atoms with Crippen LogP contribution >= 0.6 is 0 Å². The van der Waals surface area contributed by atoms with Crippen molar-refractivity contribution in [3.05, 3.63) is 12.7 Å². The summed E-state index contributed by atoms with van der Waals surface area (Å²) in [5.41, 5.74) is 0. The fraction of sp³-hybridized carbons (Fsp3) is 0.500. The Labute approximate surface area is 75.6 Å². The van der Waals surface area contributed by atoms with Crippen molar-refractivity contribution in [3.8, 4) is 0 Å². The largest absolute Gasteiger partial charge is 0.479 e. The number of carboxylic acid groups (broad SMARTS) is 1. The highest BCUT2D eigenvalue weighted by Crippen LogP contribution is 2.08. The Bertz CT molecular complexity index is 211. The Morgan fingerprint density at radius 3 is 2.46 bits per heavy atom. The first kappa shape index (κ1) is 11.6. The molecule has 0 bridgehead atoms. The first-order chi connectivity index (χ1) is 6.04. The van der Waals surface area contributed by atoms with Crippen LogP contribution in [0.5, 0.6) is 0 Å². The molecule has 2 N–H and O–H groups in total. The second kappa shape index (κ2) is 5.31. The van der Waals surface area contributed by atoms with Crippen LogP contribution in [0.15, 0.2) is 12.7 Å². The normalized spacial score (nSPS) is 14.3. The van der Waals surface area contributed by atoms with E-state index >= 15 is 0 Å². The number of hydrogen-bond donors (Lipinski definition) is 2. The lowest BCUT2D eigenvalue weighted by molar-refractivity contribution is -0.160. The Kier molecular flexibility index (Phi) is 4.76. The van der Waals surface area contributed by atoms with Crippen LogP contribution in [0.3, 0.4) is 0 Å². The Morgan fingerprint density at radius 2 is 2.15 bits per heavy atom. The van der Waals surface area contributed by atoms with Crippen molar-refractivity contribution in [2.45, 2.75) is 13.0 Å². The molecule has 0 aromatic rings. The van der Waals surface area contributed by atoms with E-state index < -0.39 is 24.0 Å². The van der Waals surface area contributed by atoms with Crippen LogP contribution in [-0.2, 0) is 14.3 Å². The van der Waals surface area contributed by atoms with Gasteiger partial charge < -0.3 is 14.9 Å². The van der Waals surface area contributed by atoms with E-state index in [1.54, 1.807) is 6.92 Å². The number of aliphatic hydroxyl groups excluding tert-OH is 1. The van der Waals surface area contributed by atoms with Gasteiger partial charge in [-0.2, -0.15) is 0 Å². The van der Waals surface area contributed by atoms with E-state index in [0.29, 0.717) is 0 Å². The van der Waals surface area contributed by atoms with Crippen molar-refractivity contribution in [1.82, 2.24) is 0 Å². The smallest absolute Gasteiger partial charge is 0.333 e. The molecular weight excluding hydrogens is 176 g/mol. The van der Waals surface area contributed by atoms with Gasteiger partial charge in [-0.05, 0) is 6.92 Å². The van der Waals surface area contributed by atoms with Crippen molar-refractivity contribution in [1.29, 1.82) is 0 Å². The zero-order valence-electron chi connectivity index (χ0n) is 7.27. The molecule has 0 aromatic heterocycles. The lowest BCUT2D eigenvalue weighted by Gasteiger charge is -2.13. The van der Waals surface area contributed by atoms with E-state index in [0.717, 1.165) is 6.08 Å². The van der Waals surface area contributed by atoms with Gasteiger partial charge >= 0.3 is 11.9 Å². The molecule has 0 amide bonds. The van der Waals surface area contributed by atoms with Gasteiger partial charge in [-0.1, -0.05) is 6.08 Å². The number of aliphatic hydroxyl groups is 1. The highest BCUT2D eigenvalue weighted by atomic mass is 16.5. The minimum absolute atomic E-state index is 0.134. The summed E-state index contributed by atoms with van der Waals surface area (Å²) in [4.78, 5) is 21.3. The van der Waals surface area contributed by atoms with E-state index in [9.17, 15) is 9.59 Å². The first-order valence-corrected chi connectivity index (χ1v) is 3.74. The van der Waals surface area contributed by atoms with Crippen molar-refractivity contribution in [2.24, 2.45) is 5.92 Å². The maximum absolute atomic E-state index is 11.0. The van der Waals surface area contributed by atoms with Crippen LogP contribution < -0.4 is 0 Å². The van der Waals surface area contributed by atoms with Gasteiger partial charge in [-0.25, -0.2) is 4.79 Å². The highest BCUT2D eigenvalue weighted by Gasteiger charge is 2.30. The SMILES string of the molecule is C=C[C@H](C(=O)OCC)[C@@H](O)C(=O)O. The summed E-state index contributed by atoms with van der Waals surface area (Å²) in [7, 11) is 0. The number of carbonyl (C=O) groups is 2. The standard InChI is InChI=1S/C8H12O5/c1-3-5(6(9)7(10)11)8(12)13-4-2/h3,5-6,9H,1,4H2,2H3,(H,10,11)/t5-,6+/m0/s1. The van der Waals surface area contributed by atoms with Crippen LogP contribution in [0.1, 0.15) is 6.92 Å². The number of aliphatic carboxylic acids is 1. The van der Waals surface area contributed by atoms with Crippen LogP contribution in [0.4, 0.5) is 0 Å². The zero-order valence-corrected chi connectivity index (χ0v) is 7.27. The summed E-state index contributed by atoms with van der Waals surface area (Å²) in [6.07, 6.45) is -0.743. The number of esters is 1. The molecule has 0 spiro atoms. The fourth-order valence-corrected chi connectivity index (χ4v) is 0.746. The monoisotopic (exact) mass is 188 g/mol. The molecule has 74 valence electrons. The van der Waals surface area contributed by atoms with Gasteiger partial charge in [0.2, 0.25) is 0 Å². The summed E-state index contributed by atoms with van der Waals surface area (Å²) in [5, 5.41) is 17.4. The molecule has 0 saturated carbocycles.